The maximum Gasteiger partial charge on any atom is 0.328 e. The minimum atomic E-state index is -0.151. The average Bonchev–Trinajstić information content (AvgIpc) is 2.37. The van der Waals surface area contributed by atoms with Crippen LogP contribution in [0.4, 0.5) is 5.69 Å². The molecule has 19 heavy (non-hydrogen) atoms. The number of fused-ring (bicyclic) bond motifs is 1. The SMILES string of the molecule is COC(=O)C1CCN1c1ccc2cc(Br)ccc2c1. The second-order valence-electron chi connectivity index (χ2n) is 4.70. The van der Waals surface area contributed by atoms with Crippen LogP contribution >= 0.6 is 15.9 Å². The predicted molar refractivity (Wildman–Crippen MR) is 79.4 cm³/mol. The molecule has 1 unspecified atom stereocenters. The van der Waals surface area contributed by atoms with Gasteiger partial charge in [-0.25, -0.2) is 4.79 Å². The van der Waals surface area contributed by atoms with Gasteiger partial charge in [0.2, 0.25) is 0 Å². The number of hydrogen-bond donors (Lipinski definition) is 0. The number of carbonyl (C=O) groups is 1. The smallest absolute Gasteiger partial charge is 0.328 e. The van der Waals surface area contributed by atoms with E-state index >= 15 is 0 Å². The highest BCUT2D eigenvalue weighted by molar-refractivity contribution is 9.10. The molecule has 1 aliphatic heterocycles. The molecule has 2 aromatic rings. The Bertz CT molecular complexity index is 641. The number of halogens is 1. The molecular formula is C15H14BrNO2. The van der Waals surface area contributed by atoms with Gasteiger partial charge in [0.25, 0.3) is 0 Å². The van der Waals surface area contributed by atoms with Gasteiger partial charge in [-0.15, -0.1) is 0 Å². The highest BCUT2D eigenvalue weighted by Crippen LogP contribution is 2.30. The molecule has 1 atom stereocenters. The van der Waals surface area contributed by atoms with E-state index in [1.54, 1.807) is 0 Å². The summed E-state index contributed by atoms with van der Waals surface area (Å²) in [7, 11) is 1.44. The predicted octanol–water partition coefficient (Wildman–Crippen LogP) is 3.35. The molecule has 4 heteroatoms. The molecule has 1 heterocycles. The number of carbonyl (C=O) groups excluding carboxylic acids is 1. The number of rotatable bonds is 2. The fourth-order valence-electron chi connectivity index (χ4n) is 2.46. The van der Waals surface area contributed by atoms with Crippen molar-refractivity contribution in [3.05, 3.63) is 40.9 Å². The summed E-state index contributed by atoms with van der Waals surface area (Å²) in [5.74, 6) is -0.151. The molecule has 3 rings (SSSR count). The number of anilines is 1. The van der Waals surface area contributed by atoms with Gasteiger partial charge in [-0.1, -0.05) is 28.1 Å². The van der Waals surface area contributed by atoms with Crippen molar-refractivity contribution in [2.24, 2.45) is 0 Å². The molecule has 1 aliphatic rings. The summed E-state index contributed by atoms with van der Waals surface area (Å²) in [5.41, 5.74) is 1.08. The Morgan fingerprint density at radius 3 is 2.68 bits per heavy atom. The highest BCUT2D eigenvalue weighted by Gasteiger charge is 2.35. The standard InChI is InChI=1S/C15H14BrNO2/c1-19-15(18)14-6-7-17(14)13-5-3-10-8-12(16)4-2-11(10)9-13/h2-5,8-9,14H,6-7H2,1H3. The lowest BCUT2D eigenvalue weighted by molar-refractivity contribution is -0.143. The van der Waals surface area contributed by atoms with Crippen molar-refractivity contribution in [3.63, 3.8) is 0 Å². The molecule has 0 aromatic heterocycles. The lowest BCUT2D eigenvalue weighted by atomic mass is 10.0. The van der Waals surface area contributed by atoms with Crippen LogP contribution < -0.4 is 4.90 Å². The number of hydrogen-bond acceptors (Lipinski definition) is 3. The van der Waals surface area contributed by atoms with E-state index in [1.165, 1.54) is 17.9 Å². The fraction of sp³-hybridized carbons (Fsp3) is 0.267. The van der Waals surface area contributed by atoms with E-state index in [4.69, 9.17) is 4.74 Å². The molecule has 1 saturated heterocycles. The van der Waals surface area contributed by atoms with E-state index in [0.29, 0.717) is 0 Å². The number of ether oxygens (including phenoxy) is 1. The number of methoxy groups -OCH3 is 1. The molecule has 0 radical (unpaired) electrons. The van der Waals surface area contributed by atoms with Gasteiger partial charge in [-0.3, -0.25) is 0 Å². The first kappa shape index (κ1) is 12.5. The van der Waals surface area contributed by atoms with Crippen LogP contribution in [-0.4, -0.2) is 25.7 Å². The zero-order valence-corrected chi connectivity index (χ0v) is 12.2. The van der Waals surface area contributed by atoms with Crippen LogP contribution in [0.25, 0.3) is 10.8 Å². The maximum atomic E-state index is 11.6. The maximum absolute atomic E-state index is 11.6. The molecule has 0 N–H and O–H groups in total. The van der Waals surface area contributed by atoms with E-state index < -0.39 is 0 Å². The quantitative estimate of drug-likeness (QED) is 0.795. The van der Waals surface area contributed by atoms with Crippen LogP contribution in [0.2, 0.25) is 0 Å². The number of esters is 1. The van der Waals surface area contributed by atoms with Crippen molar-refractivity contribution in [2.45, 2.75) is 12.5 Å². The molecule has 0 saturated carbocycles. The van der Waals surface area contributed by atoms with Gasteiger partial charge in [-0.05, 0) is 41.5 Å². The third-order valence-electron chi connectivity index (χ3n) is 3.61. The van der Waals surface area contributed by atoms with Crippen molar-refractivity contribution >= 4 is 38.4 Å². The van der Waals surface area contributed by atoms with Crippen LogP contribution in [0, 0.1) is 0 Å². The summed E-state index contributed by atoms with van der Waals surface area (Å²) < 4.78 is 5.90. The van der Waals surface area contributed by atoms with E-state index in [-0.39, 0.29) is 12.0 Å². The van der Waals surface area contributed by atoms with Gasteiger partial charge in [0.1, 0.15) is 6.04 Å². The first-order chi connectivity index (χ1) is 9.19. The van der Waals surface area contributed by atoms with Crippen LogP contribution in [0.1, 0.15) is 6.42 Å². The van der Waals surface area contributed by atoms with Crippen LogP contribution in [-0.2, 0) is 9.53 Å². The summed E-state index contributed by atoms with van der Waals surface area (Å²) in [5, 5.41) is 2.37. The van der Waals surface area contributed by atoms with Crippen molar-refractivity contribution in [1.29, 1.82) is 0 Å². The van der Waals surface area contributed by atoms with Crippen molar-refractivity contribution in [3.8, 4) is 0 Å². The topological polar surface area (TPSA) is 29.5 Å². The van der Waals surface area contributed by atoms with Crippen molar-refractivity contribution < 1.29 is 9.53 Å². The molecular weight excluding hydrogens is 306 g/mol. The lowest BCUT2D eigenvalue weighted by Crippen LogP contribution is -2.53. The summed E-state index contributed by atoms with van der Waals surface area (Å²) >= 11 is 3.47. The third kappa shape index (κ3) is 2.21. The Balaban J connectivity index is 1.93. The molecule has 2 aromatic carbocycles. The van der Waals surface area contributed by atoms with Gasteiger partial charge < -0.3 is 9.64 Å². The first-order valence-electron chi connectivity index (χ1n) is 6.23. The highest BCUT2D eigenvalue weighted by atomic mass is 79.9. The van der Waals surface area contributed by atoms with Crippen molar-refractivity contribution in [2.75, 3.05) is 18.6 Å². The summed E-state index contributed by atoms with van der Waals surface area (Å²) in [4.78, 5) is 13.7. The van der Waals surface area contributed by atoms with E-state index in [2.05, 4.69) is 51.2 Å². The third-order valence-corrected chi connectivity index (χ3v) is 4.10. The van der Waals surface area contributed by atoms with E-state index in [9.17, 15) is 4.79 Å². The largest absolute Gasteiger partial charge is 0.467 e. The number of benzene rings is 2. The van der Waals surface area contributed by atoms with Gasteiger partial charge in [0.15, 0.2) is 0 Å². The summed E-state index contributed by atoms with van der Waals surface area (Å²) in [6, 6.07) is 12.3. The second kappa shape index (κ2) is 4.85. The Morgan fingerprint density at radius 1 is 1.26 bits per heavy atom. The normalized spacial score (nSPS) is 18.2. The van der Waals surface area contributed by atoms with E-state index in [0.717, 1.165) is 23.1 Å². The van der Waals surface area contributed by atoms with Gasteiger partial charge in [0, 0.05) is 16.7 Å². The molecule has 0 spiro atoms. The molecule has 0 bridgehead atoms. The second-order valence-corrected chi connectivity index (χ2v) is 5.61. The summed E-state index contributed by atoms with van der Waals surface area (Å²) in [6.07, 6.45) is 0.866. The molecule has 98 valence electrons. The molecule has 0 amide bonds. The Labute approximate surface area is 120 Å². The van der Waals surface area contributed by atoms with Gasteiger partial charge in [-0.2, -0.15) is 0 Å². The lowest BCUT2D eigenvalue weighted by Gasteiger charge is -2.40. The first-order valence-corrected chi connectivity index (χ1v) is 7.02. The van der Waals surface area contributed by atoms with Crippen LogP contribution in [0.3, 0.4) is 0 Å². The Morgan fingerprint density at radius 2 is 2.00 bits per heavy atom. The molecule has 1 fully saturated rings. The molecule has 0 aliphatic carbocycles. The Kier molecular flexibility index (Phi) is 3.19. The average molecular weight is 320 g/mol. The van der Waals surface area contributed by atoms with Crippen molar-refractivity contribution in [1.82, 2.24) is 0 Å². The molecule has 3 nitrogen and oxygen atoms in total. The van der Waals surface area contributed by atoms with Gasteiger partial charge >= 0.3 is 5.97 Å². The number of nitrogens with zero attached hydrogens (tertiary/aromatic N) is 1. The zero-order chi connectivity index (χ0) is 13.4. The fourth-order valence-corrected chi connectivity index (χ4v) is 2.84. The minimum absolute atomic E-state index is 0.127. The van der Waals surface area contributed by atoms with Gasteiger partial charge in [0.05, 0.1) is 7.11 Å². The van der Waals surface area contributed by atoms with E-state index in [1.807, 2.05) is 6.07 Å². The zero-order valence-electron chi connectivity index (χ0n) is 10.6. The van der Waals surface area contributed by atoms with Crippen LogP contribution in [0.15, 0.2) is 40.9 Å². The Hall–Kier alpha value is -1.55. The van der Waals surface area contributed by atoms with Crippen LogP contribution in [0.5, 0.6) is 0 Å². The summed E-state index contributed by atoms with van der Waals surface area (Å²) in [6.45, 7) is 0.905. The minimum Gasteiger partial charge on any atom is -0.467 e. The monoisotopic (exact) mass is 319 g/mol.